The van der Waals surface area contributed by atoms with Gasteiger partial charge in [0.05, 0.1) is 12.5 Å². The molecule has 0 spiro atoms. The minimum Gasteiger partial charge on any atom is -0.481 e. The number of hydrogen-bond donors (Lipinski definition) is 5. The zero-order valence-electron chi connectivity index (χ0n) is 12.3. The predicted molar refractivity (Wildman–Crippen MR) is 83.4 cm³/mol. The topological polar surface area (TPSA) is 151 Å². The number of hydrogen-bond acceptors (Lipinski definition) is 4. The minimum absolute atomic E-state index is 0.244. The molecule has 0 unspecified atom stereocenters. The van der Waals surface area contributed by atoms with E-state index in [0.717, 1.165) is 16.5 Å². The number of benzene rings is 1. The summed E-state index contributed by atoms with van der Waals surface area (Å²) in [5.74, 6) is -2.78. The van der Waals surface area contributed by atoms with E-state index >= 15 is 0 Å². The lowest BCUT2D eigenvalue weighted by Gasteiger charge is -2.17. The highest BCUT2D eigenvalue weighted by Crippen LogP contribution is 2.18. The fourth-order valence-corrected chi connectivity index (χ4v) is 2.31. The number of nitrogens with two attached hydrogens (primary N) is 2. The average molecular weight is 318 g/mol. The Morgan fingerprint density at radius 3 is 2.61 bits per heavy atom. The highest BCUT2D eigenvalue weighted by Gasteiger charge is 2.24. The van der Waals surface area contributed by atoms with Crippen LogP contribution < -0.4 is 16.8 Å². The van der Waals surface area contributed by atoms with Gasteiger partial charge in [-0.15, -0.1) is 0 Å². The fourth-order valence-electron chi connectivity index (χ4n) is 2.31. The number of H-pyrrole nitrogens is 1. The zero-order valence-corrected chi connectivity index (χ0v) is 12.3. The molecule has 8 nitrogen and oxygen atoms in total. The summed E-state index contributed by atoms with van der Waals surface area (Å²) in [4.78, 5) is 37.0. The summed E-state index contributed by atoms with van der Waals surface area (Å²) in [5.41, 5.74) is 12.7. The molecule has 122 valence electrons. The van der Waals surface area contributed by atoms with Crippen molar-refractivity contribution in [3.63, 3.8) is 0 Å². The van der Waals surface area contributed by atoms with Crippen molar-refractivity contribution in [2.45, 2.75) is 24.9 Å². The number of carboxylic acids is 1. The van der Waals surface area contributed by atoms with Crippen molar-refractivity contribution in [1.82, 2.24) is 10.3 Å². The molecular weight excluding hydrogens is 300 g/mol. The molecule has 1 aromatic heterocycles. The van der Waals surface area contributed by atoms with Crippen LogP contribution in [-0.4, -0.2) is 40.0 Å². The number of rotatable bonds is 7. The first-order valence-electron chi connectivity index (χ1n) is 7.00. The largest absolute Gasteiger partial charge is 0.481 e. The number of primary amides is 1. The second kappa shape index (κ2) is 6.93. The van der Waals surface area contributed by atoms with E-state index in [1.807, 2.05) is 24.3 Å². The summed E-state index contributed by atoms with van der Waals surface area (Å²) >= 11 is 0. The summed E-state index contributed by atoms with van der Waals surface area (Å²) in [6.45, 7) is 0. The van der Waals surface area contributed by atoms with Crippen LogP contribution in [0.3, 0.4) is 0 Å². The van der Waals surface area contributed by atoms with Crippen LogP contribution >= 0.6 is 0 Å². The maximum Gasteiger partial charge on any atom is 0.305 e. The second-order valence-corrected chi connectivity index (χ2v) is 5.23. The third-order valence-corrected chi connectivity index (χ3v) is 3.49. The highest BCUT2D eigenvalue weighted by molar-refractivity contribution is 5.92. The maximum atomic E-state index is 12.1. The standard InChI is InChI=1S/C15H18N4O4/c16-10(15(23)19-12(14(17)22)6-13(20)21)5-8-7-18-11-4-2-1-3-9(8)11/h1-4,7,10,12,18H,5-6,16H2,(H2,17,22)(H,19,23)(H,20,21)/t10-,12-/m0/s1. The van der Waals surface area contributed by atoms with Gasteiger partial charge in [0.25, 0.3) is 0 Å². The van der Waals surface area contributed by atoms with Gasteiger partial charge in [-0.05, 0) is 18.1 Å². The Bertz CT molecular complexity index is 740. The average Bonchev–Trinajstić information content (AvgIpc) is 2.89. The number of aromatic amines is 1. The molecule has 2 amide bonds. The van der Waals surface area contributed by atoms with Crippen LogP contribution in [0.5, 0.6) is 0 Å². The molecule has 0 saturated heterocycles. The monoisotopic (exact) mass is 318 g/mol. The van der Waals surface area contributed by atoms with Gasteiger partial charge in [-0.3, -0.25) is 14.4 Å². The van der Waals surface area contributed by atoms with Gasteiger partial charge in [0, 0.05) is 17.1 Å². The van der Waals surface area contributed by atoms with E-state index in [-0.39, 0.29) is 6.42 Å². The van der Waals surface area contributed by atoms with Crippen molar-refractivity contribution < 1.29 is 19.5 Å². The molecule has 1 aromatic carbocycles. The lowest BCUT2D eigenvalue weighted by atomic mass is 10.0. The number of amides is 2. The molecule has 1 heterocycles. The van der Waals surface area contributed by atoms with Crippen LogP contribution in [0.2, 0.25) is 0 Å². The van der Waals surface area contributed by atoms with Crippen molar-refractivity contribution >= 4 is 28.7 Å². The Balaban J connectivity index is 2.04. The van der Waals surface area contributed by atoms with Crippen LogP contribution in [0, 0.1) is 0 Å². The number of carbonyl (C=O) groups excluding carboxylic acids is 2. The van der Waals surface area contributed by atoms with E-state index in [4.69, 9.17) is 16.6 Å². The van der Waals surface area contributed by atoms with E-state index in [9.17, 15) is 14.4 Å². The van der Waals surface area contributed by atoms with Gasteiger partial charge < -0.3 is 26.9 Å². The summed E-state index contributed by atoms with van der Waals surface area (Å²) in [6.07, 6.45) is 1.43. The smallest absolute Gasteiger partial charge is 0.305 e. The van der Waals surface area contributed by atoms with Crippen molar-refractivity contribution in [2.75, 3.05) is 0 Å². The highest BCUT2D eigenvalue weighted by atomic mass is 16.4. The number of aliphatic carboxylic acids is 1. The number of nitrogens with one attached hydrogen (secondary N) is 2. The predicted octanol–water partition coefficient (Wildman–Crippen LogP) is -0.517. The second-order valence-electron chi connectivity index (χ2n) is 5.23. The van der Waals surface area contributed by atoms with Gasteiger partial charge in [0.2, 0.25) is 11.8 Å². The Kier molecular flexibility index (Phi) is 4.97. The number of carboxylic acid groups (broad SMARTS) is 1. The third-order valence-electron chi connectivity index (χ3n) is 3.49. The van der Waals surface area contributed by atoms with Crippen molar-refractivity contribution in [3.8, 4) is 0 Å². The first-order chi connectivity index (χ1) is 10.9. The van der Waals surface area contributed by atoms with Gasteiger partial charge in [0.1, 0.15) is 6.04 Å². The Morgan fingerprint density at radius 1 is 1.26 bits per heavy atom. The van der Waals surface area contributed by atoms with Crippen molar-refractivity contribution in [2.24, 2.45) is 11.5 Å². The Labute approximate surface area is 131 Å². The molecule has 0 bridgehead atoms. The molecule has 2 rings (SSSR count). The van der Waals surface area contributed by atoms with Crippen molar-refractivity contribution in [3.05, 3.63) is 36.0 Å². The van der Waals surface area contributed by atoms with Crippen LogP contribution in [0.25, 0.3) is 10.9 Å². The molecule has 2 aromatic rings. The van der Waals surface area contributed by atoms with Gasteiger partial charge in [-0.25, -0.2) is 0 Å². The number of carbonyl (C=O) groups is 3. The molecule has 8 heteroatoms. The Morgan fingerprint density at radius 2 is 1.96 bits per heavy atom. The summed E-state index contributed by atoms with van der Waals surface area (Å²) in [5, 5.41) is 11.9. The van der Waals surface area contributed by atoms with E-state index < -0.39 is 36.3 Å². The lowest BCUT2D eigenvalue weighted by Crippen LogP contribution is -2.51. The third kappa shape index (κ3) is 4.07. The zero-order chi connectivity index (χ0) is 17.0. The summed E-state index contributed by atoms with van der Waals surface area (Å²) < 4.78 is 0. The molecule has 0 aliphatic rings. The summed E-state index contributed by atoms with van der Waals surface area (Å²) in [6, 6.07) is 5.36. The molecule has 0 aliphatic carbocycles. The number of fused-ring (bicyclic) bond motifs is 1. The van der Waals surface area contributed by atoms with Crippen LogP contribution in [0.15, 0.2) is 30.5 Å². The number of aromatic nitrogens is 1. The number of para-hydroxylation sites is 1. The van der Waals surface area contributed by atoms with Gasteiger partial charge >= 0.3 is 5.97 Å². The Hall–Kier alpha value is -2.87. The first kappa shape index (κ1) is 16.5. The minimum atomic E-state index is -1.28. The fraction of sp³-hybridized carbons (Fsp3) is 0.267. The first-order valence-corrected chi connectivity index (χ1v) is 7.00. The lowest BCUT2D eigenvalue weighted by molar-refractivity contribution is -0.140. The van der Waals surface area contributed by atoms with E-state index in [1.165, 1.54) is 0 Å². The van der Waals surface area contributed by atoms with E-state index in [2.05, 4.69) is 10.3 Å². The SMILES string of the molecule is NC(=O)[C@H](CC(=O)O)NC(=O)[C@@H](N)Cc1c[nH]c2ccccc12. The van der Waals surface area contributed by atoms with Gasteiger partial charge in [0.15, 0.2) is 0 Å². The van der Waals surface area contributed by atoms with E-state index in [0.29, 0.717) is 0 Å². The quantitative estimate of drug-likeness (QED) is 0.465. The molecule has 2 atom stereocenters. The molecule has 0 radical (unpaired) electrons. The van der Waals surface area contributed by atoms with Crippen LogP contribution in [0.4, 0.5) is 0 Å². The molecule has 0 saturated carbocycles. The van der Waals surface area contributed by atoms with Crippen molar-refractivity contribution in [1.29, 1.82) is 0 Å². The maximum absolute atomic E-state index is 12.1. The molecule has 23 heavy (non-hydrogen) atoms. The van der Waals surface area contributed by atoms with Crippen LogP contribution in [-0.2, 0) is 20.8 Å². The molecule has 0 aliphatic heterocycles. The molecular formula is C15H18N4O4. The normalized spacial score (nSPS) is 13.4. The van der Waals surface area contributed by atoms with Gasteiger partial charge in [-0.2, -0.15) is 0 Å². The van der Waals surface area contributed by atoms with Gasteiger partial charge in [-0.1, -0.05) is 18.2 Å². The molecule has 7 N–H and O–H groups in total. The summed E-state index contributed by atoms with van der Waals surface area (Å²) in [7, 11) is 0. The van der Waals surface area contributed by atoms with E-state index in [1.54, 1.807) is 6.20 Å². The molecule has 0 fully saturated rings. The van der Waals surface area contributed by atoms with Crippen LogP contribution in [0.1, 0.15) is 12.0 Å².